The third kappa shape index (κ3) is 7.41. The van der Waals surface area contributed by atoms with Gasteiger partial charge in [0, 0.05) is 44.5 Å². The predicted octanol–water partition coefficient (Wildman–Crippen LogP) is 3.66. The second kappa shape index (κ2) is 12.9. The molecule has 0 saturated carbocycles. The summed E-state index contributed by atoms with van der Waals surface area (Å²) in [4.78, 5) is 11.7. The summed E-state index contributed by atoms with van der Waals surface area (Å²) in [6.45, 7) is 12.2. The standard InChI is InChI=1S/C25H37N5O2/c1-4-26-25(28-18-21-10-11-27-24(17-21)30-12-6-7-13-30)29-19-22-9-8-20(3)16-23(22)32-15-14-31-5-2/h8-11,16-17H,4-7,12-15,18-19H2,1-3H3,(H2,26,28,29). The Bertz CT molecular complexity index is 865. The molecule has 1 aromatic heterocycles. The third-order valence-electron chi connectivity index (χ3n) is 5.36. The van der Waals surface area contributed by atoms with Crippen molar-refractivity contribution >= 4 is 11.8 Å². The Labute approximate surface area is 192 Å². The molecule has 1 saturated heterocycles. The highest BCUT2D eigenvalue weighted by molar-refractivity contribution is 5.79. The summed E-state index contributed by atoms with van der Waals surface area (Å²) < 4.78 is 11.4. The lowest BCUT2D eigenvalue weighted by atomic mass is 10.1. The number of pyridine rings is 1. The maximum Gasteiger partial charge on any atom is 0.191 e. The number of benzene rings is 1. The van der Waals surface area contributed by atoms with Gasteiger partial charge < -0.3 is 25.0 Å². The monoisotopic (exact) mass is 439 g/mol. The van der Waals surface area contributed by atoms with Crippen molar-refractivity contribution < 1.29 is 9.47 Å². The van der Waals surface area contributed by atoms with Crippen molar-refractivity contribution in [3.63, 3.8) is 0 Å². The summed E-state index contributed by atoms with van der Waals surface area (Å²) in [6, 6.07) is 10.5. The zero-order chi connectivity index (χ0) is 22.6. The molecule has 0 spiro atoms. The molecule has 0 bridgehead atoms. The van der Waals surface area contributed by atoms with Gasteiger partial charge in [0.2, 0.25) is 0 Å². The van der Waals surface area contributed by atoms with Crippen LogP contribution in [0.2, 0.25) is 0 Å². The van der Waals surface area contributed by atoms with Crippen LogP contribution in [0.5, 0.6) is 5.75 Å². The van der Waals surface area contributed by atoms with Crippen LogP contribution in [0, 0.1) is 6.92 Å². The number of nitrogens with zero attached hydrogens (tertiary/aromatic N) is 3. The Hall–Kier alpha value is -2.80. The Morgan fingerprint density at radius 2 is 1.94 bits per heavy atom. The van der Waals surface area contributed by atoms with Gasteiger partial charge in [0.25, 0.3) is 0 Å². The molecule has 7 heteroatoms. The Kier molecular flexibility index (Phi) is 9.62. The van der Waals surface area contributed by atoms with Crippen molar-refractivity contribution in [1.82, 2.24) is 15.6 Å². The zero-order valence-electron chi connectivity index (χ0n) is 19.7. The van der Waals surface area contributed by atoms with Crippen LogP contribution >= 0.6 is 0 Å². The lowest BCUT2D eigenvalue weighted by Gasteiger charge is -2.17. The van der Waals surface area contributed by atoms with E-state index in [0.717, 1.165) is 48.3 Å². The molecular weight excluding hydrogens is 402 g/mol. The van der Waals surface area contributed by atoms with E-state index in [1.165, 1.54) is 18.4 Å². The Morgan fingerprint density at radius 3 is 2.72 bits per heavy atom. The van der Waals surface area contributed by atoms with Gasteiger partial charge >= 0.3 is 0 Å². The molecule has 1 fully saturated rings. The minimum absolute atomic E-state index is 0.542. The highest BCUT2D eigenvalue weighted by atomic mass is 16.5. The average molecular weight is 440 g/mol. The summed E-state index contributed by atoms with van der Waals surface area (Å²) in [5.74, 6) is 2.73. The van der Waals surface area contributed by atoms with E-state index in [9.17, 15) is 0 Å². The summed E-state index contributed by atoms with van der Waals surface area (Å²) in [7, 11) is 0. The first kappa shape index (κ1) is 23.9. The molecule has 1 aromatic carbocycles. The van der Waals surface area contributed by atoms with Gasteiger partial charge in [0.1, 0.15) is 18.2 Å². The third-order valence-corrected chi connectivity index (χ3v) is 5.36. The van der Waals surface area contributed by atoms with Crippen molar-refractivity contribution in [3.05, 3.63) is 53.2 Å². The van der Waals surface area contributed by atoms with E-state index in [1.807, 2.05) is 19.2 Å². The van der Waals surface area contributed by atoms with Gasteiger partial charge in [-0.2, -0.15) is 0 Å². The van der Waals surface area contributed by atoms with Crippen LogP contribution in [0.4, 0.5) is 5.82 Å². The summed E-state index contributed by atoms with van der Waals surface area (Å²) in [5.41, 5.74) is 3.43. The number of hydrogen-bond acceptors (Lipinski definition) is 5. The Morgan fingerprint density at radius 1 is 1.09 bits per heavy atom. The maximum absolute atomic E-state index is 5.97. The molecule has 2 heterocycles. The van der Waals surface area contributed by atoms with Gasteiger partial charge in [-0.3, -0.25) is 0 Å². The first-order valence-electron chi connectivity index (χ1n) is 11.7. The molecule has 1 aliphatic rings. The number of aryl methyl sites for hydroxylation is 1. The number of anilines is 1. The van der Waals surface area contributed by atoms with Crippen LogP contribution in [-0.2, 0) is 17.8 Å². The van der Waals surface area contributed by atoms with Gasteiger partial charge in [-0.25, -0.2) is 9.98 Å². The van der Waals surface area contributed by atoms with Crippen LogP contribution in [-0.4, -0.2) is 50.4 Å². The molecule has 2 N–H and O–H groups in total. The fraction of sp³-hybridized carbons (Fsp3) is 0.520. The molecule has 0 aliphatic carbocycles. The van der Waals surface area contributed by atoms with E-state index in [0.29, 0.717) is 32.9 Å². The molecule has 7 nitrogen and oxygen atoms in total. The fourth-order valence-corrected chi connectivity index (χ4v) is 3.67. The highest BCUT2D eigenvalue weighted by Gasteiger charge is 2.13. The van der Waals surface area contributed by atoms with Gasteiger partial charge in [0.05, 0.1) is 13.2 Å². The van der Waals surface area contributed by atoms with E-state index in [4.69, 9.17) is 14.5 Å². The van der Waals surface area contributed by atoms with Gasteiger partial charge in [-0.05, 0) is 62.9 Å². The van der Waals surface area contributed by atoms with Crippen LogP contribution in [0.1, 0.15) is 43.4 Å². The number of aliphatic imine (C=N–C) groups is 1. The first-order valence-corrected chi connectivity index (χ1v) is 11.7. The molecule has 0 amide bonds. The zero-order valence-corrected chi connectivity index (χ0v) is 19.7. The maximum atomic E-state index is 5.97. The van der Waals surface area contributed by atoms with Crippen molar-refractivity contribution in [3.8, 4) is 5.75 Å². The number of aromatic nitrogens is 1. The minimum atomic E-state index is 0.542. The molecule has 0 unspecified atom stereocenters. The van der Waals surface area contributed by atoms with Crippen molar-refractivity contribution in [2.24, 2.45) is 4.99 Å². The van der Waals surface area contributed by atoms with E-state index < -0.39 is 0 Å². The molecule has 174 valence electrons. The lowest BCUT2D eigenvalue weighted by Crippen LogP contribution is -2.36. The smallest absolute Gasteiger partial charge is 0.191 e. The largest absolute Gasteiger partial charge is 0.491 e. The normalized spacial score (nSPS) is 14.0. The molecule has 0 radical (unpaired) electrons. The molecule has 32 heavy (non-hydrogen) atoms. The number of hydrogen-bond donors (Lipinski definition) is 2. The Balaban J connectivity index is 1.62. The minimum Gasteiger partial charge on any atom is -0.491 e. The molecular formula is C25H37N5O2. The van der Waals surface area contributed by atoms with Crippen LogP contribution in [0.15, 0.2) is 41.5 Å². The van der Waals surface area contributed by atoms with E-state index in [1.54, 1.807) is 0 Å². The number of guanidine groups is 1. The van der Waals surface area contributed by atoms with Gasteiger partial charge in [0.15, 0.2) is 5.96 Å². The molecule has 0 atom stereocenters. The van der Waals surface area contributed by atoms with E-state index in [-0.39, 0.29) is 0 Å². The van der Waals surface area contributed by atoms with Crippen LogP contribution in [0.25, 0.3) is 0 Å². The lowest BCUT2D eigenvalue weighted by molar-refractivity contribution is 0.110. The van der Waals surface area contributed by atoms with Gasteiger partial charge in [-0.15, -0.1) is 0 Å². The number of nitrogens with one attached hydrogen (secondary N) is 2. The van der Waals surface area contributed by atoms with Crippen LogP contribution in [0.3, 0.4) is 0 Å². The van der Waals surface area contributed by atoms with Gasteiger partial charge in [-0.1, -0.05) is 12.1 Å². The van der Waals surface area contributed by atoms with Crippen molar-refractivity contribution in [2.75, 3.05) is 44.4 Å². The summed E-state index contributed by atoms with van der Waals surface area (Å²) in [5, 5.41) is 6.78. The average Bonchev–Trinajstić information content (AvgIpc) is 3.35. The van der Waals surface area contributed by atoms with Crippen molar-refractivity contribution in [1.29, 1.82) is 0 Å². The molecule has 1 aliphatic heterocycles. The molecule has 2 aromatic rings. The summed E-state index contributed by atoms with van der Waals surface area (Å²) in [6.07, 6.45) is 4.38. The SMILES string of the molecule is CCNC(=NCc1ccnc(N2CCCC2)c1)NCc1ccc(C)cc1OCCOCC. The predicted molar refractivity (Wildman–Crippen MR) is 131 cm³/mol. The van der Waals surface area contributed by atoms with E-state index in [2.05, 4.69) is 58.6 Å². The summed E-state index contributed by atoms with van der Waals surface area (Å²) >= 11 is 0. The quantitative estimate of drug-likeness (QED) is 0.316. The van der Waals surface area contributed by atoms with E-state index >= 15 is 0 Å². The van der Waals surface area contributed by atoms with Crippen LogP contribution < -0.4 is 20.3 Å². The topological polar surface area (TPSA) is 71.0 Å². The number of ether oxygens (including phenoxy) is 2. The second-order valence-electron chi connectivity index (χ2n) is 7.92. The molecule has 3 rings (SSSR count). The highest BCUT2D eigenvalue weighted by Crippen LogP contribution is 2.21. The van der Waals surface area contributed by atoms with Crippen molar-refractivity contribution in [2.45, 2.75) is 46.7 Å². The number of rotatable bonds is 11. The fourth-order valence-electron chi connectivity index (χ4n) is 3.67. The second-order valence-corrected chi connectivity index (χ2v) is 7.92. The first-order chi connectivity index (χ1) is 15.7.